The van der Waals surface area contributed by atoms with Gasteiger partial charge in [0.05, 0.1) is 0 Å². The van der Waals surface area contributed by atoms with Crippen molar-refractivity contribution in [1.29, 1.82) is 0 Å². The van der Waals surface area contributed by atoms with E-state index in [9.17, 15) is 0 Å². The van der Waals surface area contributed by atoms with Crippen molar-refractivity contribution in [2.45, 2.75) is 45.8 Å². The van der Waals surface area contributed by atoms with Crippen LogP contribution in [0.15, 0.2) is 48.5 Å². The van der Waals surface area contributed by atoms with Gasteiger partial charge >= 0.3 is 0 Å². The number of hydrogen-bond acceptors (Lipinski definition) is 3. The molecule has 0 aliphatic carbocycles. The molecule has 1 unspecified atom stereocenters. The normalized spacial score (nSPS) is 17.4. The molecule has 1 fully saturated rings. The van der Waals surface area contributed by atoms with Crippen LogP contribution in [0.4, 0.5) is 0 Å². The van der Waals surface area contributed by atoms with Gasteiger partial charge in [-0.05, 0) is 66.2 Å². The van der Waals surface area contributed by atoms with Crippen LogP contribution in [0.1, 0.15) is 43.9 Å². The molecule has 3 heteroatoms. The Hall–Kier alpha value is -1.84. The smallest absolute Gasteiger partial charge is 0.120 e. The van der Waals surface area contributed by atoms with Crippen LogP contribution in [0.25, 0.3) is 0 Å². The molecular formula is C23H32N2O. The zero-order valence-electron chi connectivity index (χ0n) is 16.3. The minimum atomic E-state index is 0.190. The summed E-state index contributed by atoms with van der Waals surface area (Å²) >= 11 is 0. The third-order valence-electron chi connectivity index (χ3n) is 5.05. The van der Waals surface area contributed by atoms with E-state index in [1.54, 1.807) is 0 Å². The van der Waals surface area contributed by atoms with Gasteiger partial charge in [-0.2, -0.15) is 0 Å². The Morgan fingerprint density at radius 3 is 2.58 bits per heavy atom. The molecule has 0 spiro atoms. The Kier molecular flexibility index (Phi) is 6.33. The van der Waals surface area contributed by atoms with E-state index in [0.29, 0.717) is 6.61 Å². The van der Waals surface area contributed by atoms with Gasteiger partial charge in [0.25, 0.3) is 0 Å². The lowest BCUT2D eigenvalue weighted by Gasteiger charge is -2.19. The van der Waals surface area contributed by atoms with Gasteiger partial charge in [-0.25, -0.2) is 0 Å². The summed E-state index contributed by atoms with van der Waals surface area (Å²) in [4.78, 5) is 0. The van der Waals surface area contributed by atoms with E-state index in [4.69, 9.17) is 4.74 Å². The van der Waals surface area contributed by atoms with Gasteiger partial charge in [-0.3, -0.25) is 0 Å². The summed E-state index contributed by atoms with van der Waals surface area (Å²) in [6.07, 6.45) is 1.28. The highest BCUT2D eigenvalue weighted by molar-refractivity contribution is 5.30. The summed E-state index contributed by atoms with van der Waals surface area (Å²) in [5.41, 5.74) is 4.02. The molecule has 2 aromatic carbocycles. The SMILES string of the molecule is CC(C)(C)c1ccc(COc2cccc(CNCC3CCNC3)c2)cc1. The lowest BCUT2D eigenvalue weighted by Crippen LogP contribution is -2.24. The van der Waals surface area contributed by atoms with E-state index in [0.717, 1.165) is 37.8 Å². The minimum Gasteiger partial charge on any atom is -0.489 e. The predicted molar refractivity (Wildman–Crippen MR) is 109 cm³/mol. The van der Waals surface area contributed by atoms with Gasteiger partial charge in [0.15, 0.2) is 0 Å². The fraction of sp³-hybridized carbons (Fsp3) is 0.478. The third-order valence-corrected chi connectivity index (χ3v) is 5.05. The molecule has 140 valence electrons. The highest BCUT2D eigenvalue weighted by Crippen LogP contribution is 2.23. The van der Waals surface area contributed by atoms with E-state index >= 15 is 0 Å². The second-order valence-electron chi connectivity index (χ2n) is 8.37. The molecule has 1 saturated heterocycles. The van der Waals surface area contributed by atoms with Crippen LogP contribution in [0.3, 0.4) is 0 Å². The van der Waals surface area contributed by atoms with E-state index < -0.39 is 0 Å². The molecule has 0 bridgehead atoms. The number of hydrogen-bond donors (Lipinski definition) is 2. The quantitative estimate of drug-likeness (QED) is 0.781. The summed E-state index contributed by atoms with van der Waals surface area (Å²) in [7, 11) is 0. The van der Waals surface area contributed by atoms with Crippen molar-refractivity contribution in [3.05, 3.63) is 65.2 Å². The third kappa shape index (κ3) is 5.58. The maximum absolute atomic E-state index is 6.00. The average molecular weight is 353 g/mol. The monoisotopic (exact) mass is 352 g/mol. The van der Waals surface area contributed by atoms with Crippen LogP contribution in [0, 0.1) is 5.92 Å². The van der Waals surface area contributed by atoms with Gasteiger partial charge in [-0.1, -0.05) is 57.2 Å². The highest BCUT2D eigenvalue weighted by Gasteiger charge is 2.14. The number of benzene rings is 2. The molecule has 0 radical (unpaired) electrons. The van der Waals surface area contributed by atoms with E-state index in [2.05, 4.69) is 73.9 Å². The van der Waals surface area contributed by atoms with Gasteiger partial charge in [-0.15, -0.1) is 0 Å². The molecule has 26 heavy (non-hydrogen) atoms. The van der Waals surface area contributed by atoms with Crippen LogP contribution in [0.2, 0.25) is 0 Å². The Bertz CT molecular complexity index is 682. The van der Waals surface area contributed by atoms with Crippen molar-refractivity contribution in [3.63, 3.8) is 0 Å². The Morgan fingerprint density at radius 2 is 1.88 bits per heavy atom. The number of rotatable bonds is 7. The molecular weight excluding hydrogens is 320 g/mol. The zero-order chi connectivity index (χ0) is 18.4. The maximum atomic E-state index is 6.00. The average Bonchev–Trinajstić information content (AvgIpc) is 3.13. The summed E-state index contributed by atoms with van der Waals surface area (Å²) in [5.74, 6) is 1.71. The first-order valence-corrected chi connectivity index (χ1v) is 9.73. The Labute approximate surface area is 158 Å². The van der Waals surface area contributed by atoms with E-state index in [1.807, 2.05) is 6.07 Å². The van der Waals surface area contributed by atoms with Gasteiger partial charge in [0, 0.05) is 6.54 Å². The fourth-order valence-electron chi connectivity index (χ4n) is 3.32. The molecule has 3 rings (SSSR count). The van der Waals surface area contributed by atoms with Crippen LogP contribution >= 0.6 is 0 Å². The Balaban J connectivity index is 1.48. The molecule has 2 N–H and O–H groups in total. The highest BCUT2D eigenvalue weighted by atomic mass is 16.5. The summed E-state index contributed by atoms with van der Waals surface area (Å²) in [5, 5.41) is 6.98. The molecule has 1 aliphatic rings. The lowest BCUT2D eigenvalue weighted by atomic mass is 9.87. The van der Waals surface area contributed by atoms with Crippen LogP contribution in [-0.2, 0) is 18.6 Å². The number of nitrogens with one attached hydrogen (secondary N) is 2. The van der Waals surface area contributed by atoms with Gasteiger partial charge < -0.3 is 15.4 Å². The fourth-order valence-corrected chi connectivity index (χ4v) is 3.32. The molecule has 3 nitrogen and oxygen atoms in total. The molecule has 1 aliphatic heterocycles. The molecule has 0 amide bonds. The maximum Gasteiger partial charge on any atom is 0.120 e. The first-order valence-electron chi connectivity index (χ1n) is 9.73. The van der Waals surface area contributed by atoms with E-state index in [-0.39, 0.29) is 5.41 Å². The van der Waals surface area contributed by atoms with Crippen molar-refractivity contribution in [1.82, 2.24) is 10.6 Å². The molecule has 1 heterocycles. The van der Waals surface area contributed by atoms with E-state index in [1.165, 1.54) is 23.1 Å². The Morgan fingerprint density at radius 1 is 1.08 bits per heavy atom. The summed E-state index contributed by atoms with van der Waals surface area (Å²) in [6.45, 7) is 11.6. The standard InChI is InChI=1S/C23H32N2O/c1-23(2,3)21-9-7-18(8-10-21)17-26-22-6-4-5-19(13-22)14-25-16-20-11-12-24-15-20/h4-10,13,20,24-25H,11-12,14-17H2,1-3H3. The summed E-state index contributed by atoms with van der Waals surface area (Å²) < 4.78 is 6.00. The predicted octanol–water partition coefficient (Wildman–Crippen LogP) is 4.26. The van der Waals surface area contributed by atoms with Crippen LogP contribution in [-0.4, -0.2) is 19.6 Å². The first kappa shape index (κ1) is 18.9. The van der Waals surface area contributed by atoms with Crippen molar-refractivity contribution in [3.8, 4) is 5.75 Å². The molecule has 2 aromatic rings. The van der Waals surface area contributed by atoms with Crippen LogP contribution < -0.4 is 15.4 Å². The molecule has 0 aromatic heterocycles. The van der Waals surface area contributed by atoms with Crippen molar-refractivity contribution < 1.29 is 4.74 Å². The first-order chi connectivity index (χ1) is 12.5. The summed E-state index contributed by atoms with van der Waals surface area (Å²) in [6, 6.07) is 17.2. The van der Waals surface area contributed by atoms with Crippen molar-refractivity contribution >= 4 is 0 Å². The van der Waals surface area contributed by atoms with Crippen LogP contribution in [0.5, 0.6) is 5.75 Å². The van der Waals surface area contributed by atoms with Gasteiger partial charge in [0.1, 0.15) is 12.4 Å². The largest absolute Gasteiger partial charge is 0.489 e. The minimum absolute atomic E-state index is 0.190. The topological polar surface area (TPSA) is 33.3 Å². The van der Waals surface area contributed by atoms with Gasteiger partial charge in [0.2, 0.25) is 0 Å². The molecule has 1 atom stereocenters. The second kappa shape index (κ2) is 8.70. The zero-order valence-corrected chi connectivity index (χ0v) is 16.3. The lowest BCUT2D eigenvalue weighted by molar-refractivity contribution is 0.305. The van der Waals surface area contributed by atoms with Crippen molar-refractivity contribution in [2.24, 2.45) is 5.92 Å². The van der Waals surface area contributed by atoms with Crippen molar-refractivity contribution in [2.75, 3.05) is 19.6 Å². The molecule has 0 saturated carbocycles. The number of ether oxygens (including phenoxy) is 1. The second-order valence-corrected chi connectivity index (χ2v) is 8.37.